The first-order chi connectivity index (χ1) is 11.4. The van der Waals surface area contributed by atoms with E-state index in [1.54, 1.807) is 6.21 Å². The Hall–Kier alpha value is -1.76. The Morgan fingerprint density at radius 1 is 1.21 bits per heavy atom. The second-order valence-electron chi connectivity index (χ2n) is 4.61. The Balaban J connectivity index is 2.06. The minimum atomic E-state index is -0.516. The summed E-state index contributed by atoms with van der Waals surface area (Å²) in [7, 11) is 1.86. The van der Waals surface area contributed by atoms with Crippen LogP contribution in [0, 0.1) is 17.3 Å². The number of hydrogen-bond acceptors (Lipinski definition) is 5. The lowest BCUT2D eigenvalue weighted by molar-refractivity contribution is -0.384. The van der Waals surface area contributed by atoms with Crippen molar-refractivity contribution in [3.63, 3.8) is 0 Å². The number of anilines is 1. The molecule has 2 N–H and O–H groups in total. The highest BCUT2D eigenvalue weighted by atomic mass is 127. The van der Waals surface area contributed by atoms with Crippen LogP contribution in [0.5, 0.6) is 0 Å². The van der Waals surface area contributed by atoms with Crippen LogP contribution in [-0.2, 0) is 0 Å². The molecule has 0 fully saturated rings. The second kappa shape index (κ2) is 8.37. The lowest BCUT2D eigenvalue weighted by Gasteiger charge is -2.07. The minimum absolute atomic E-state index is 0.0659. The topological polar surface area (TPSA) is 96.6 Å². The van der Waals surface area contributed by atoms with Crippen molar-refractivity contribution in [3.05, 3.63) is 64.8 Å². The first-order valence-corrected chi connectivity index (χ1v) is 8.82. The van der Waals surface area contributed by atoms with E-state index >= 15 is 0 Å². The maximum Gasteiger partial charge on any atom is 0.271 e. The van der Waals surface area contributed by atoms with Crippen molar-refractivity contribution in [2.75, 3.05) is 12.4 Å². The molecular weight excluding hydrogens is 538 g/mol. The van der Waals surface area contributed by atoms with E-state index in [0.29, 0.717) is 5.56 Å². The van der Waals surface area contributed by atoms with Crippen molar-refractivity contribution in [2.24, 2.45) is 5.10 Å². The number of nitro benzene ring substituents is 1. The molecule has 0 unspecified atom stereocenters. The van der Waals surface area contributed by atoms with Gasteiger partial charge in [0, 0.05) is 31.9 Å². The van der Waals surface area contributed by atoms with Gasteiger partial charge in [0.05, 0.1) is 16.8 Å². The summed E-state index contributed by atoms with van der Waals surface area (Å²) in [6.07, 6.45) is 1.55. The zero-order chi connectivity index (χ0) is 17.7. The number of non-ortho nitro benzene ring substituents is 1. The molecule has 0 aromatic heterocycles. The molecule has 0 spiro atoms. The highest BCUT2D eigenvalue weighted by molar-refractivity contribution is 14.1. The Bertz CT molecular complexity index is 784. The van der Waals surface area contributed by atoms with Crippen LogP contribution in [0.25, 0.3) is 0 Å². The van der Waals surface area contributed by atoms with Gasteiger partial charge >= 0.3 is 0 Å². The molecule has 0 radical (unpaired) electrons. The third kappa shape index (κ3) is 4.63. The number of hydrogen-bond donors (Lipinski definition) is 2. The summed E-state index contributed by atoms with van der Waals surface area (Å²) in [6, 6.07) is 9.21. The van der Waals surface area contributed by atoms with Crippen LogP contribution in [0.4, 0.5) is 11.4 Å². The molecule has 0 heterocycles. The molecule has 1 amide bonds. The van der Waals surface area contributed by atoms with Crippen LogP contribution >= 0.6 is 45.2 Å². The number of benzene rings is 2. The lowest BCUT2D eigenvalue weighted by atomic mass is 10.2. The average Bonchev–Trinajstić information content (AvgIpc) is 2.54. The van der Waals surface area contributed by atoms with Crippen LogP contribution < -0.4 is 10.7 Å². The van der Waals surface area contributed by atoms with Crippen LogP contribution in [-0.4, -0.2) is 24.1 Å². The standard InChI is InChI=1S/C15H12I2N4O3/c1-18-14-12(16)6-9(7-13(14)17)8-19-20-15(22)10-2-4-11(5-3-10)21(23)24/h2-8,18H,1H3,(H,20,22)/b19-8-. The molecule has 2 rings (SSSR count). The third-order valence-corrected chi connectivity index (χ3v) is 4.74. The molecule has 0 saturated carbocycles. The van der Waals surface area contributed by atoms with Gasteiger partial charge in [-0.3, -0.25) is 14.9 Å². The first kappa shape index (κ1) is 18.6. The molecule has 24 heavy (non-hydrogen) atoms. The summed E-state index contributed by atoms with van der Waals surface area (Å²) >= 11 is 4.45. The maximum absolute atomic E-state index is 11.9. The number of amides is 1. The summed E-state index contributed by atoms with van der Waals surface area (Å²) in [5.41, 5.74) is 4.53. The predicted octanol–water partition coefficient (Wildman–Crippen LogP) is 3.61. The Labute approximate surface area is 165 Å². The van der Waals surface area contributed by atoms with Gasteiger partial charge in [0.25, 0.3) is 11.6 Å². The van der Waals surface area contributed by atoms with Crippen molar-refractivity contribution in [1.29, 1.82) is 0 Å². The summed E-state index contributed by atoms with van der Waals surface area (Å²) in [6.45, 7) is 0. The molecule has 124 valence electrons. The average molecular weight is 550 g/mol. The first-order valence-electron chi connectivity index (χ1n) is 6.67. The normalized spacial score (nSPS) is 10.6. The van der Waals surface area contributed by atoms with E-state index in [9.17, 15) is 14.9 Å². The van der Waals surface area contributed by atoms with Gasteiger partial charge in [-0.05, 0) is 75.0 Å². The molecule has 0 aliphatic rings. The van der Waals surface area contributed by atoms with Crippen molar-refractivity contribution in [3.8, 4) is 0 Å². The van der Waals surface area contributed by atoms with Crippen molar-refractivity contribution in [1.82, 2.24) is 5.43 Å². The van der Waals surface area contributed by atoms with Gasteiger partial charge in [-0.25, -0.2) is 5.43 Å². The molecule has 2 aromatic carbocycles. The van der Waals surface area contributed by atoms with Gasteiger partial charge in [-0.15, -0.1) is 0 Å². The van der Waals surface area contributed by atoms with Crippen LogP contribution in [0.3, 0.4) is 0 Å². The summed E-state index contributed by atoms with van der Waals surface area (Å²) < 4.78 is 2.09. The monoisotopic (exact) mass is 550 g/mol. The molecule has 0 bridgehead atoms. The number of hydrazone groups is 1. The van der Waals surface area contributed by atoms with E-state index in [4.69, 9.17) is 0 Å². The Morgan fingerprint density at radius 3 is 2.29 bits per heavy atom. The Morgan fingerprint density at radius 2 is 1.79 bits per heavy atom. The van der Waals surface area contributed by atoms with E-state index in [-0.39, 0.29) is 5.69 Å². The smallest absolute Gasteiger partial charge is 0.271 e. The number of nitro groups is 1. The summed E-state index contributed by atoms with van der Waals surface area (Å²) in [5.74, 6) is -0.433. The molecule has 9 heteroatoms. The van der Waals surface area contributed by atoms with E-state index in [2.05, 4.69) is 61.0 Å². The zero-order valence-corrected chi connectivity index (χ0v) is 16.7. The number of nitrogens with zero attached hydrogens (tertiary/aromatic N) is 2. The van der Waals surface area contributed by atoms with Gasteiger partial charge in [0.1, 0.15) is 0 Å². The number of nitrogens with one attached hydrogen (secondary N) is 2. The SMILES string of the molecule is CNc1c(I)cc(/C=N\NC(=O)c2ccc([N+](=O)[O-])cc2)cc1I. The van der Waals surface area contributed by atoms with Crippen LogP contribution in [0.2, 0.25) is 0 Å². The van der Waals surface area contributed by atoms with Gasteiger partial charge in [0.2, 0.25) is 0 Å². The van der Waals surface area contributed by atoms with E-state index in [1.165, 1.54) is 24.3 Å². The van der Waals surface area contributed by atoms with Gasteiger partial charge < -0.3 is 5.32 Å². The fourth-order valence-electron chi connectivity index (χ4n) is 1.87. The van der Waals surface area contributed by atoms with Crippen molar-refractivity contribution < 1.29 is 9.72 Å². The maximum atomic E-state index is 11.9. The summed E-state index contributed by atoms with van der Waals surface area (Å²) in [4.78, 5) is 22.0. The predicted molar refractivity (Wildman–Crippen MR) is 110 cm³/mol. The fourth-order valence-corrected chi connectivity index (χ4v) is 4.23. The number of rotatable bonds is 5. The van der Waals surface area contributed by atoms with E-state index in [1.807, 2.05) is 19.2 Å². The minimum Gasteiger partial charge on any atom is -0.386 e. The van der Waals surface area contributed by atoms with Gasteiger partial charge in [-0.1, -0.05) is 0 Å². The lowest BCUT2D eigenvalue weighted by Crippen LogP contribution is -2.17. The number of carbonyl (C=O) groups is 1. The van der Waals surface area contributed by atoms with Crippen molar-refractivity contribution in [2.45, 2.75) is 0 Å². The second-order valence-corrected chi connectivity index (χ2v) is 6.94. The Kier molecular flexibility index (Phi) is 6.48. The number of halogens is 2. The highest BCUT2D eigenvalue weighted by Crippen LogP contribution is 2.25. The molecule has 0 aliphatic carbocycles. The highest BCUT2D eigenvalue weighted by Gasteiger charge is 2.09. The molecule has 0 aliphatic heterocycles. The molecular formula is C15H12I2N4O3. The molecule has 0 saturated heterocycles. The number of carbonyl (C=O) groups excluding carboxylic acids is 1. The quantitative estimate of drug-likeness (QED) is 0.258. The largest absolute Gasteiger partial charge is 0.386 e. The molecule has 7 nitrogen and oxygen atoms in total. The van der Waals surface area contributed by atoms with E-state index in [0.717, 1.165) is 18.4 Å². The zero-order valence-electron chi connectivity index (χ0n) is 12.4. The molecule has 2 aromatic rings. The van der Waals surface area contributed by atoms with Crippen LogP contribution in [0.15, 0.2) is 41.5 Å². The van der Waals surface area contributed by atoms with Gasteiger partial charge in [-0.2, -0.15) is 5.10 Å². The molecule has 0 atom stereocenters. The van der Waals surface area contributed by atoms with Gasteiger partial charge in [0.15, 0.2) is 0 Å². The van der Waals surface area contributed by atoms with E-state index < -0.39 is 10.8 Å². The third-order valence-electron chi connectivity index (χ3n) is 3.03. The van der Waals surface area contributed by atoms with Crippen LogP contribution in [0.1, 0.15) is 15.9 Å². The fraction of sp³-hybridized carbons (Fsp3) is 0.0667. The summed E-state index contributed by atoms with van der Waals surface area (Å²) in [5, 5.41) is 17.6. The van der Waals surface area contributed by atoms with Crippen molar-refractivity contribution >= 4 is 68.7 Å².